The molecule has 0 aliphatic heterocycles. The molecule has 0 bridgehead atoms. The summed E-state index contributed by atoms with van der Waals surface area (Å²) >= 11 is 0. The van der Waals surface area contributed by atoms with Gasteiger partial charge in [0.05, 0.1) is 18.4 Å². The Morgan fingerprint density at radius 2 is 1.77 bits per heavy atom. The van der Waals surface area contributed by atoms with E-state index in [0.29, 0.717) is 6.29 Å². The second kappa shape index (κ2) is 6.18. The summed E-state index contributed by atoms with van der Waals surface area (Å²) in [4.78, 5) is 23.7. The highest BCUT2D eigenvalue weighted by Crippen LogP contribution is 2.32. The molecule has 22 heavy (non-hydrogen) atoms. The number of methoxy groups -OCH3 is 1. The van der Waals surface area contributed by atoms with Gasteiger partial charge in [0, 0.05) is 6.04 Å². The van der Waals surface area contributed by atoms with Crippen LogP contribution >= 0.6 is 0 Å². The van der Waals surface area contributed by atoms with Crippen LogP contribution in [-0.4, -0.2) is 18.0 Å². The smallest absolute Gasteiger partial charge is 0.261 e. The van der Waals surface area contributed by atoms with Crippen LogP contribution in [0.2, 0.25) is 0 Å². The van der Waals surface area contributed by atoms with E-state index in [9.17, 15) is 9.59 Å². The van der Waals surface area contributed by atoms with Gasteiger partial charge in [-0.3, -0.25) is 9.59 Å². The number of hydrogen-bond acceptors (Lipinski definition) is 3. The molecule has 2 aromatic rings. The molecule has 114 valence electrons. The number of rotatable bonds is 4. The number of hydrogen-bond donors (Lipinski definition) is 0. The van der Waals surface area contributed by atoms with Gasteiger partial charge in [0.2, 0.25) is 0 Å². The molecule has 1 aliphatic carbocycles. The first-order valence-electron chi connectivity index (χ1n) is 7.59. The van der Waals surface area contributed by atoms with E-state index >= 15 is 0 Å². The van der Waals surface area contributed by atoms with Crippen molar-refractivity contribution in [3.05, 3.63) is 52.3 Å². The first kappa shape index (κ1) is 14.6. The lowest BCUT2D eigenvalue weighted by Gasteiger charge is -2.19. The number of nitrogens with zero attached hydrogens (tertiary/aromatic N) is 1. The minimum absolute atomic E-state index is 0.185. The van der Waals surface area contributed by atoms with Crippen molar-refractivity contribution in [3.63, 3.8) is 0 Å². The third-order valence-electron chi connectivity index (χ3n) is 4.35. The first-order chi connectivity index (χ1) is 10.7. The summed E-state index contributed by atoms with van der Waals surface area (Å²) in [6.07, 6.45) is 4.89. The van der Waals surface area contributed by atoms with Crippen LogP contribution in [0.15, 0.2) is 41.2 Å². The largest absolute Gasteiger partial charge is 0.497 e. The summed E-state index contributed by atoms with van der Waals surface area (Å²) in [6, 6.07) is 11.3. The van der Waals surface area contributed by atoms with E-state index in [4.69, 9.17) is 4.74 Å². The van der Waals surface area contributed by atoms with Crippen molar-refractivity contribution in [1.29, 1.82) is 0 Å². The zero-order valence-corrected chi connectivity index (χ0v) is 12.6. The topological polar surface area (TPSA) is 48.3 Å². The normalized spacial score (nSPS) is 15.0. The molecule has 4 heteroatoms. The van der Waals surface area contributed by atoms with E-state index in [-0.39, 0.29) is 17.2 Å². The molecule has 0 unspecified atom stereocenters. The predicted molar refractivity (Wildman–Crippen MR) is 85.6 cm³/mol. The van der Waals surface area contributed by atoms with Crippen LogP contribution in [0, 0.1) is 0 Å². The van der Waals surface area contributed by atoms with Gasteiger partial charge in [0.25, 0.3) is 5.56 Å². The molecule has 1 aliphatic rings. The number of benzene rings is 1. The van der Waals surface area contributed by atoms with E-state index in [1.165, 1.54) is 0 Å². The predicted octanol–water partition coefficient (Wildman–Crippen LogP) is 3.45. The third-order valence-corrected chi connectivity index (χ3v) is 4.35. The average molecular weight is 297 g/mol. The second-order valence-electron chi connectivity index (χ2n) is 5.63. The molecule has 1 aromatic heterocycles. The van der Waals surface area contributed by atoms with E-state index < -0.39 is 0 Å². The van der Waals surface area contributed by atoms with Crippen LogP contribution in [0.5, 0.6) is 5.75 Å². The Morgan fingerprint density at radius 1 is 1.09 bits per heavy atom. The molecule has 3 rings (SSSR count). The fourth-order valence-electron chi connectivity index (χ4n) is 3.18. The van der Waals surface area contributed by atoms with Crippen molar-refractivity contribution < 1.29 is 9.53 Å². The van der Waals surface area contributed by atoms with Crippen molar-refractivity contribution in [2.75, 3.05) is 7.11 Å². The molecule has 0 spiro atoms. The Labute approximate surface area is 129 Å². The maximum atomic E-state index is 12.6. The van der Waals surface area contributed by atoms with Crippen molar-refractivity contribution in [1.82, 2.24) is 4.57 Å². The first-order valence-corrected chi connectivity index (χ1v) is 7.59. The number of pyridine rings is 1. The fraction of sp³-hybridized carbons (Fsp3) is 0.333. The Hall–Kier alpha value is -2.36. The SMILES string of the molecule is COc1ccc(-c2ccc(C=O)c(=O)n2C2CCCC2)cc1. The van der Waals surface area contributed by atoms with Crippen molar-refractivity contribution in [2.24, 2.45) is 0 Å². The highest BCUT2D eigenvalue weighted by molar-refractivity contribution is 5.75. The van der Waals surface area contributed by atoms with Gasteiger partial charge < -0.3 is 9.30 Å². The van der Waals surface area contributed by atoms with Gasteiger partial charge in [-0.2, -0.15) is 0 Å². The van der Waals surface area contributed by atoms with Gasteiger partial charge in [-0.05, 0) is 54.8 Å². The summed E-state index contributed by atoms with van der Waals surface area (Å²) in [6.45, 7) is 0. The highest BCUT2D eigenvalue weighted by Gasteiger charge is 2.22. The van der Waals surface area contributed by atoms with Crippen molar-refractivity contribution in [2.45, 2.75) is 31.7 Å². The molecule has 1 saturated carbocycles. The van der Waals surface area contributed by atoms with Gasteiger partial charge in [-0.25, -0.2) is 0 Å². The molecule has 1 fully saturated rings. The molecule has 0 amide bonds. The molecule has 1 heterocycles. The maximum Gasteiger partial charge on any atom is 0.261 e. The van der Waals surface area contributed by atoms with E-state index in [1.807, 2.05) is 30.3 Å². The number of carbonyl (C=O) groups excluding carboxylic acids is 1. The minimum atomic E-state index is -0.185. The zero-order chi connectivity index (χ0) is 15.5. The summed E-state index contributed by atoms with van der Waals surface area (Å²) in [5, 5.41) is 0. The lowest BCUT2D eigenvalue weighted by Crippen LogP contribution is -2.27. The lowest BCUT2D eigenvalue weighted by molar-refractivity contribution is 0.112. The summed E-state index contributed by atoms with van der Waals surface area (Å²) in [5.74, 6) is 0.781. The summed E-state index contributed by atoms with van der Waals surface area (Å²) < 4.78 is 6.98. The van der Waals surface area contributed by atoms with E-state index in [2.05, 4.69) is 0 Å². The molecule has 0 N–H and O–H groups in total. The molecule has 4 nitrogen and oxygen atoms in total. The molecule has 1 aromatic carbocycles. The van der Waals surface area contributed by atoms with Gasteiger partial charge in [0.1, 0.15) is 5.75 Å². The second-order valence-corrected chi connectivity index (χ2v) is 5.63. The maximum absolute atomic E-state index is 12.6. The quantitative estimate of drug-likeness (QED) is 0.812. The number of aldehydes is 1. The average Bonchev–Trinajstić information content (AvgIpc) is 3.08. The Kier molecular flexibility index (Phi) is 4.09. The van der Waals surface area contributed by atoms with Crippen LogP contribution in [0.1, 0.15) is 42.1 Å². The monoisotopic (exact) mass is 297 g/mol. The number of carbonyl (C=O) groups is 1. The fourth-order valence-corrected chi connectivity index (χ4v) is 3.18. The van der Waals surface area contributed by atoms with E-state index in [1.54, 1.807) is 17.7 Å². The molecule has 0 radical (unpaired) electrons. The van der Waals surface area contributed by atoms with Crippen molar-refractivity contribution in [3.8, 4) is 17.0 Å². The van der Waals surface area contributed by atoms with E-state index in [0.717, 1.165) is 42.7 Å². The van der Waals surface area contributed by atoms with Gasteiger partial charge in [-0.15, -0.1) is 0 Å². The number of aromatic nitrogens is 1. The standard InChI is InChI=1S/C18H19NO3/c1-22-16-9-6-13(7-10-16)17-11-8-14(12-20)18(21)19(17)15-4-2-3-5-15/h6-12,15H,2-5H2,1H3. The Balaban J connectivity index is 2.15. The summed E-state index contributed by atoms with van der Waals surface area (Å²) in [5.41, 5.74) is 1.87. The third kappa shape index (κ3) is 2.56. The van der Waals surface area contributed by atoms with Gasteiger partial charge in [-0.1, -0.05) is 12.8 Å². The van der Waals surface area contributed by atoms with Crippen LogP contribution in [0.3, 0.4) is 0 Å². The van der Waals surface area contributed by atoms with Gasteiger partial charge >= 0.3 is 0 Å². The van der Waals surface area contributed by atoms with Crippen LogP contribution in [-0.2, 0) is 0 Å². The zero-order valence-electron chi connectivity index (χ0n) is 12.6. The molecular weight excluding hydrogens is 278 g/mol. The molecule has 0 atom stereocenters. The molecular formula is C18H19NO3. The molecule has 0 saturated heterocycles. The number of ether oxygens (including phenoxy) is 1. The minimum Gasteiger partial charge on any atom is -0.497 e. The highest BCUT2D eigenvalue weighted by atomic mass is 16.5. The Morgan fingerprint density at radius 3 is 2.36 bits per heavy atom. The van der Waals surface area contributed by atoms with Crippen LogP contribution < -0.4 is 10.3 Å². The van der Waals surface area contributed by atoms with Crippen molar-refractivity contribution >= 4 is 6.29 Å². The van der Waals surface area contributed by atoms with Crippen LogP contribution in [0.4, 0.5) is 0 Å². The summed E-state index contributed by atoms with van der Waals surface area (Å²) in [7, 11) is 1.63. The van der Waals surface area contributed by atoms with Gasteiger partial charge in [0.15, 0.2) is 6.29 Å². The Bertz CT molecular complexity index is 725. The van der Waals surface area contributed by atoms with Crippen LogP contribution in [0.25, 0.3) is 11.3 Å². The lowest BCUT2D eigenvalue weighted by atomic mass is 10.1.